The van der Waals surface area contributed by atoms with Crippen LogP contribution in [0.3, 0.4) is 0 Å². The molecule has 0 unspecified atom stereocenters. The Morgan fingerprint density at radius 1 is 1.07 bits per heavy atom. The molecule has 1 aromatic rings. The molecule has 0 atom stereocenters. The predicted octanol–water partition coefficient (Wildman–Crippen LogP) is 1.68. The van der Waals surface area contributed by atoms with Crippen molar-refractivity contribution in [2.24, 2.45) is 0 Å². The zero-order chi connectivity index (χ0) is 11.5. The molecule has 84 valence electrons. The zero-order valence-corrected chi connectivity index (χ0v) is 12.5. The minimum Gasteiger partial charge on any atom is -0.373 e. The fraction of sp³-hybridized carbons (Fsp3) is 0.400. The van der Waals surface area contributed by atoms with Crippen LogP contribution in [0.25, 0.3) is 0 Å². The third kappa shape index (κ3) is 2.42. The molecular weight excluding hydrogens is 323 g/mol. The second-order valence-electron chi connectivity index (χ2n) is 3.08. The van der Waals surface area contributed by atoms with Crippen LogP contribution in [0, 0.1) is 10.5 Å². The summed E-state index contributed by atoms with van der Waals surface area (Å²) < 4.78 is 17.5. The van der Waals surface area contributed by atoms with Crippen LogP contribution >= 0.6 is 22.6 Å². The van der Waals surface area contributed by atoms with Crippen molar-refractivity contribution < 1.29 is 13.3 Å². The van der Waals surface area contributed by atoms with Crippen molar-refractivity contribution in [3.63, 3.8) is 0 Å². The van der Waals surface area contributed by atoms with Crippen molar-refractivity contribution in [3.8, 4) is 0 Å². The van der Waals surface area contributed by atoms with Crippen LogP contribution in [-0.2, 0) is 13.3 Å². The second kappa shape index (κ2) is 5.40. The maximum absolute atomic E-state index is 5.45. The molecule has 0 heterocycles. The van der Waals surface area contributed by atoms with Gasteiger partial charge in [-0.3, -0.25) is 0 Å². The molecule has 0 aliphatic carbocycles. The SMILES string of the molecule is CO[Si](OC)(OC)c1cccc(I)c1C. The lowest BCUT2D eigenvalue weighted by molar-refractivity contribution is 0.140. The molecule has 3 nitrogen and oxygen atoms in total. The van der Waals surface area contributed by atoms with Gasteiger partial charge < -0.3 is 13.3 Å². The first-order valence-corrected chi connectivity index (χ1v) is 7.32. The van der Waals surface area contributed by atoms with E-state index in [1.165, 1.54) is 3.57 Å². The number of hydrogen-bond acceptors (Lipinski definition) is 3. The van der Waals surface area contributed by atoms with Crippen LogP contribution in [0.5, 0.6) is 0 Å². The van der Waals surface area contributed by atoms with Crippen LogP contribution in [0.2, 0.25) is 0 Å². The minimum atomic E-state index is -2.67. The minimum absolute atomic E-state index is 1.03. The van der Waals surface area contributed by atoms with Crippen LogP contribution in [0.1, 0.15) is 5.56 Å². The molecule has 0 aromatic heterocycles. The molecule has 0 saturated carbocycles. The van der Waals surface area contributed by atoms with E-state index in [2.05, 4.69) is 35.6 Å². The number of rotatable bonds is 4. The average molecular weight is 338 g/mol. The molecule has 0 spiro atoms. The summed E-state index contributed by atoms with van der Waals surface area (Å²) in [6.07, 6.45) is 0. The van der Waals surface area contributed by atoms with Crippen LogP contribution in [0.15, 0.2) is 18.2 Å². The molecule has 1 rings (SSSR count). The Morgan fingerprint density at radius 3 is 2.07 bits per heavy atom. The summed E-state index contributed by atoms with van der Waals surface area (Å²) in [4.78, 5) is 0. The van der Waals surface area contributed by atoms with Gasteiger partial charge in [-0.1, -0.05) is 12.1 Å². The molecule has 0 amide bonds. The van der Waals surface area contributed by atoms with E-state index < -0.39 is 8.80 Å². The largest absolute Gasteiger partial charge is 0.536 e. The smallest absolute Gasteiger partial charge is 0.373 e. The van der Waals surface area contributed by atoms with Crippen molar-refractivity contribution in [3.05, 3.63) is 27.3 Å². The van der Waals surface area contributed by atoms with E-state index in [1.807, 2.05) is 12.1 Å². The molecule has 0 radical (unpaired) electrons. The molecule has 0 N–H and O–H groups in total. The highest BCUT2D eigenvalue weighted by atomic mass is 127. The quantitative estimate of drug-likeness (QED) is 0.618. The lowest BCUT2D eigenvalue weighted by Gasteiger charge is -2.26. The van der Waals surface area contributed by atoms with E-state index >= 15 is 0 Å². The topological polar surface area (TPSA) is 27.7 Å². The maximum Gasteiger partial charge on any atom is 0.536 e. The molecule has 0 bridgehead atoms. The molecule has 0 fully saturated rings. The van der Waals surface area contributed by atoms with Crippen molar-refractivity contribution in [2.45, 2.75) is 6.92 Å². The van der Waals surface area contributed by atoms with Gasteiger partial charge in [0.05, 0.1) is 0 Å². The first kappa shape index (κ1) is 13.1. The Hall–Kier alpha value is 0.0469. The first-order valence-electron chi connectivity index (χ1n) is 4.52. The van der Waals surface area contributed by atoms with Gasteiger partial charge in [-0.05, 0) is 41.1 Å². The fourth-order valence-electron chi connectivity index (χ4n) is 1.52. The van der Waals surface area contributed by atoms with E-state index in [-0.39, 0.29) is 0 Å². The Kier molecular flexibility index (Phi) is 4.72. The Morgan fingerprint density at radius 2 is 1.60 bits per heavy atom. The van der Waals surface area contributed by atoms with E-state index in [0.717, 1.165) is 10.8 Å². The lowest BCUT2D eigenvalue weighted by atomic mass is 10.2. The third-order valence-corrected chi connectivity index (χ3v) is 6.39. The molecule has 15 heavy (non-hydrogen) atoms. The summed E-state index contributed by atoms with van der Waals surface area (Å²) >= 11 is 2.29. The lowest BCUT2D eigenvalue weighted by Crippen LogP contribution is -2.55. The van der Waals surface area contributed by atoms with Crippen molar-refractivity contribution in [1.29, 1.82) is 0 Å². The molecule has 0 aliphatic rings. The van der Waals surface area contributed by atoms with E-state index in [0.29, 0.717) is 0 Å². The normalized spacial score (nSPS) is 11.8. The van der Waals surface area contributed by atoms with Gasteiger partial charge in [0.2, 0.25) is 0 Å². The van der Waals surface area contributed by atoms with Gasteiger partial charge in [-0.2, -0.15) is 0 Å². The number of hydrogen-bond donors (Lipinski definition) is 0. The van der Waals surface area contributed by atoms with Gasteiger partial charge >= 0.3 is 8.80 Å². The standard InChI is InChI=1S/C10H15IO3Si/c1-8-9(11)6-5-7-10(8)15(12-2,13-3)14-4/h5-7H,1-4H3. The average Bonchev–Trinajstić information content (AvgIpc) is 2.27. The molecule has 5 heteroatoms. The molecule has 0 aliphatic heterocycles. The van der Waals surface area contributed by atoms with E-state index in [4.69, 9.17) is 13.3 Å². The fourth-order valence-corrected chi connectivity index (χ4v) is 4.33. The van der Waals surface area contributed by atoms with Crippen LogP contribution < -0.4 is 5.19 Å². The third-order valence-electron chi connectivity index (χ3n) is 2.40. The summed E-state index contributed by atoms with van der Waals surface area (Å²) in [5.74, 6) is 0. The highest BCUT2D eigenvalue weighted by Crippen LogP contribution is 2.14. The van der Waals surface area contributed by atoms with Gasteiger partial charge in [0.1, 0.15) is 0 Å². The summed E-state index contributed by atoms with van der Waals surface area (Å²) in [6.45, 7) is 2.05. The van der Waals surface area contributed by atoms with Gasteiger partial charge in [0, 0.05) is 30.1 Å². The monoisotopic (exact) mass is 338 g/mol. The molecule has 1 aromatic carbocycles. The zero-order valence-electron chi connectivity index (χ0n) is 9.33. The van der Waals surface area contributed by atoms with Crippen LogP contribution in [-0.4, -0.2) is 30.1 Å². The van der Waals surface area contributed by atoms with E-state index in [9.17, 15) is 0 Å². The van der Waals surface area contributed by atoms with Gasteiger partial charge in [-0.15, -0.1) is 0 Å². The summed E-state index contributed by atoms with van der Waals surface area (Å²) in [5, 5.41) is 1.03. The summed E-state index contributed by atoms with van der Waals surface area (Å²) in [7, 11) is 2.20. The van der Waals surface area contributed by atoms with Gasteiger partial charge in [0.15, 0.2) is 0 Å². The van der Waals surface area contributed by atoms with Crippen molar-refractivity contribution in [2.75, 3.05) is 21.3 Å². The highest BCUT2D eigenvalue weighted by Gasteiger charge is 2.42. The summed E-state index contributed by atoms with van der Waals surface area (Å²) in [5.41, 5.74) is 1.16. The Bertz CT molecular complexity index is 331. The van der Waals surface area contributed by atoms with Gasteiger partial charge in [-0.25, -0.2) is 0 Å². The predicted molar refractivity (Wildman–Crippen MR) is 70.3 cm³/mol. The molecular formula is C10H15IO3Si. The first-order chi connectivity index (χ1) is 7.11. The Balaban J connectivity index is 3.28. The maximum atomic E-state index is 5.45. The molecule has 0 saturated heterocycles. The van der Waals surface area contributed by atoms with Crippen molar-refractivity contribution >= 4 is 36.6 Å². The number of halogens is 1. The van der Waals surface area contributed by atoms with E-state index in [1.54, 1.807) is 21.3 Å². The van der Waals surface area contributed by atoms with Crippen LogP contribution in [0.4, 0.5) is 0 Å². The summed E-state index contributed by atoms with van der Waals surface area (Å²) in [6, 6.07) is 6.04. The van der Waals surface area contributed by atoms with Crippen molar-refractivity contribution in [1.82, 2.24) is 0 Å². The second-order valence-corrected chi connectivity index (χ2v) is 7.12. The number of benzene rings is 1. The highest BCUT2D eigenvalue weighted by molar-refractivity contribution is 14.1. The Labute approximate surface area is 105 Å². The van der Waals surface area contributed by atoms with Gasteiger partial charge in [0.25, 0.3) is 0 Å².